The predicted octanol–water partition coefficient (Wildman–Crippen LogP) is 4.74. The quantitative estimate of drug-likeness (QED) is 0.392. The molecule has 1 aromatic heterocycles. The molecule has 0 spiro atoms. The van der Waals surface area contributed by atoms with Crippen molar-refractivity contribution in [1.29, 1.82) is 0 Å². The molecule has 7 nitrogen and oxygen atoms in total. The monoisotopic (exact) mass is 467 g/mol. The number of ether oxygens (including phenoxy) is 3. The number of hydrogen-bond acceptors (Lipinski definition) is 6. The van der Waals surface area contributed by atoms with E-state index in [9.17, 15) is 5.11 Å². The Labute approximate surface area is 202 Å². The van der Waals surface area contributed by atoms with Crippen molar-refractivity contribution in [3.8, 4) is 28.6 Å². The van der Waals surface area contributed by atoms with Crippen LogP contribution in [0.2, 0.25) is 0 Å². The van der Waals surface area contributed by atoms with E-state index in [1.807, 2.05) is 56.4 Å². The fourth-order valence-corrected chi connectivity index (χ4v) is 3.98. The standard InChI is InChI=1S/C27H37N3O4/c1-6-33-19-22(31)17-30(16-20(2)3)18-25-26(21-11-8-7-9-12-21)28-29(4)27(25)34-24-14-10-13-23(15-24)32-5/h7-15,20,22,31H,6,16-19H2,1-5H3/t22-/m0/s1. The lowest BCUT2D eigenvalue weighted by molar-refractivity contribution is 0.0174. The first-order valence-corrected chi connectivity index (χ1v) is 11.8. The van der Waals surface area contributed by atoms with Gasteiger partial charge in [-0.3, -0.25) is 4.90 Å². The van der Waals surface area contributed by atoms with Crippen LogP contribution in [0.1, 0.15) is 26.3 Å². The minimum absolute atomic E-state index is 0.316. The number of benzene rings is 2. The van der Waals surface area contributed by atoms with Crippen molar-refractivity contribution in [3.05, 3.63) is 60.2 Å². The van der Waals surface area contributed by atoms with Crippen LogP contribution in [0.4, 0.5) is 0 Å². The Bertz CT molecular complexity index is 1020. The molecule has 1 heterocycles. The smallest absolute Gasteiger partial charge is 0.222 e. The molecule has 1 atom stereocenters. The minimum Gasteiger partial charge on any atom is -0.497 e. The minimum atomic E-state index is -0.571. The van der Waals surface area contributed by atoms with Gasteiger partial charge in [-0.1, -0.05) is 50.2 Å². The van der Waals surface area contributed by atoms with Crippen molar-refractivity contribution in [2.45, 2.75) is 33.4 Å². The summed E-state index contributed by atoms with van der Waals surface area (Å²) in [6, 6.07) is 17.7. The average Bonchev–Trinajstić information content (AvgIpc) is 3.12. The Morgan fingerprint density at radius 3 is 2.44 bits per heavy atom. The molecule has 1 N–H and O–H groups in total. The average molecular weight is 468 g/mol. The van der Waals surface area contributed by atoms with Crippen molar-refractivity contribution >= 4 is 0 Å². The summed E-state index contributed by atoms with van der Waals surface area (Å²) in [6.07, 6.45) is -0.571. The van der Waals surface area contributed by atoms with E-state index in [2.05, 4.69) is 30.9 Å². The zero-order chi connectivity index (χ0) is 24.5. The van der Waals surface area contributed by atoms with Crippen LogP contribution >= 0.6 is 0 Å². The highest BCUT2D eigenvalue weighted by molar-refractivity contribution is 5.65. The van der Waals surface area contributed by atoms with Crippen LogP contribution in [0.25, 0.3) is 11.3 Å². The molecular weight excluding hydrogens is 430 g/mol. The number of aliphatic hydroxyl groups is 1. The normalized spacial score (nSPS) is 12.4. The zero-order valence-electron chi connectivity index (χ0n) is 20.9. The molecule has 0 unspecified atom stereocenters. The molecule has 184 valence electrons. The lowest BCUT2D eigenvalue weighted by Gasteiger charge is -2.27. The molecule has 7 heteroatoms. The molecule has 0 aliphatic heterocycles. The number of nitrogens with zero attached hydrogens (tertiary/aromatic N) is 3. The van der Waals surface area contributed by atoms with Gasteiger partial charge in [-0.25, -0.2) is 4.68 Å². The van der Waals surface area contributed by atoms with Gasteiger partial charge in [0, 0.05) is 44.9 Å². The summed E-state index contributed by atoms with van der Waals surface area (Å²) in [5.41, 5.74) is 2.86. The van der Waals surface area contributed by atoms with E-state index in [4.69, 9.17) is 19.3 Å². The van der Waals surface area contributed by atoms with Gasteiger partial charge in [0.15, 0.2) is 0 Å². The van der Waals surface area contributed by atoms with Crippen molar-refractivity contribution in [1.82, 2.24) is 14.7 Å². The lowest BCUT2D eigenvalue weighted by Crippen LogP contribution is -2.37. The Morgan fingerprint density at radius 2 is 1.76 bits per heavy atom. The SMILES string of the molecule is CCOC[C@@H](O)CN(Cc1c(-c2ccccc2)nn(C)c1Oc1cccc(OC)c1)CC(C)C. The zero-order valence-corrected chi connectivity index (χ0v) is 20.9. The van der Waals surface area contributed by atoms with Crippen molar-refractivity contribution in [3.63, 3.8) is 0 Å². The second-order valence-corrected chi connectivity index (χ2v) is 8.80. The molecule has 0 fully saturated rings. The van der Waals surface area contributed by atoms with Gasteiger partial charge in [-0.05, 0) is 25.0 Å². The molecule has 0 aliphatic carbocycles. The van der Waals surface area contributed by atoms with E-state index in [1.54, 1.807) is 11.8 Å². The van der Waals surface area contributed by atoms with Gasteiger partial charge in [0.05, 0.1) is 25.4 Å². The van der Waals surface area contributed by atoms with Crippen LogP contribution in [0.15, 0.2) is 54.6 Å². The molecule has 0 saturated heterocycles. The summed E-state index contributed by atoms with van der Waals surface area (Å²) >= 11 is 0. The Kier molecular flexibility index (Phi) is 9.51. The summed E-state index contributed by atoms with van der Waals surface area (Å²) < 4.78 is 19.0. The van der Waals surface area contributed by atoms with E-state index >= 15 is 0 Å². The molecule has 3 aromatic rings. The van der Waals surface area contributed by atoms with Gasteiger partial charge in [0.25, 0.3) is 0 Å². The third-order valence-corrected chi connectivity index (χ3v) is 5.38. The number of aliphatic hydroxyl groups excluding tert-OH is 1. The van der Waals surface area contributed by atoms with Crippen LogP contribution in [-0.2, 0) is 18.3 Å². The van der Waals surface area contributed by atoms with Gasteiger partial charge < -0.3 is 19.3 Å². The van der Waals surface area contributed by atoms with Crippen LogP contribution in [-0.4, -0.2) is 59.3 Å². The van der Waals surface area contributed by atoms with Crippen molar-refractivity contribution < 1.29 is 19.3 Å². The third kappa shape index (κ3) is 7.06. The molecule has 0 aliphatic rings. The second-order valence-electron chi connectivity index (χ2n) is 8.80. The predicted molar refractivity (Wildman–Crippen MR) is 134 cm³/mol. The molecule has 0 radical (unpaired) electrons. The van der Waals surface area contributed by atoms with E-state index < -0.39 is 6.10 Å². The summed E-state index contributed by atoms with van der Waals surface area (Å²) in [7, 11) is 3.53. The van der Waals surface area contributed by atoms with E-state index in [0.717, 1.165) is 29.1 Å². The highest BCUT2D eigenvalue weighted by atomic mass is 16.5. The Balaban J connectivity index is 1.98. The lowest BCUT2D eigenvalue weighted by atomic mass is 10.1. The molecule has 34 heavy (non-hydrogen) atoms. The second kappa shape index (κ2) is 12.6. The number of aryl methyl sites for hydroxylation is 1. The molecule has 2 aromatic carbocycles. The summed E-state index contributed by atoms with van der Waals surface area (Å²) in [6.45, 7) is 9.09. The summed E-state index contributed by atoms with van der Waals surface area (Å²) in [4.78, 5) is 2.25. The Hall–Kier alpha value is -2.87. The molecule has 0 bridgehead atoms. The first kappa shape index (κ1) is 25.7. The fourth-order valence-electron chi connectivity index (χ4n) is 3.98. The van der Waals surface area contributed by atoms with Gasteiger partial charge in [-0.2, -0.15) is 5.10 Å². The highest BCUT2D eigenvalue weighted by Gasteiger charge is 2.24. The van der Waals surface area contributed by atoms with Gasteiger partial charge >= 0.3 is 0 Å². The molecule has 0 amide bonds. The van der Waals surface area contributed by atoms with Crippen molar-refractivity contribution in [2.75, 3.05) is 33.4 Å². The van der Waals surface area contributed by atoms with Crippen LogP contribution in [0.5, 0.6) is 17.4 Å². The van der Waals surface area contributed by atoms with E-state index in [1.165, 1.54) is 0 Å². The number of methoxy groups -OCH3 is 1. The van der Waals surface area contributed by atoms with Gasteiger partial charge in [0.1, 0.15) is 17.2 Å². The largest absolute Gasteiger partial charge is 0.497 e. The number of aromatic nitrogens is 2. The van der Waals surface area contributed by atoms with E-state index in [-0.39, 0.29) is 0 Å². The maximum Gasteiger partial charge on any atom is 0.222 e. The van der Waals surface area contributed by atoms with Crippen LogP contribution in [0, 0.1) is 5.92 Å². The van der Waals surface area contributed by atoms with Crippen LogP contribution in [0.3, 0.4) is 0 Å². The van der Waals surface area contributed by atoms with E-state index in [0.29, 0.717) is 43.9 Å². The maximum atomic E-state index is 10.6. The first-order valence-electron chi connectivity index (χ1n) is 11.8. The number of hydrogen-bond donors (Lipinski definition) is 1. The fraction of sp³-hybridized carbons (Fsp3) is 0.444. The third-order valence-electron chi connectivity index (χ3n) is 5.38. The summed E-state index contributed by atoms with van der Waals surface area (Å²) in [5, 5.41) is 15.4. The molecule has 0 saturated carbocycles. The van der Waals surface area contributed by atoms with Crippen LogP contribution < -0.4 is 9.47 Å². The van der Waals surface area contributed by atoms with Gasteiger partial charge in [-0.15, -0.1) is 0 Å². The topological polar surface area (TPSA) is 69.0 Å². The van der Waals surface area contributed by atoms with Crippen molar-refractivity contribution in [2.24, 2.45) is 13.0 Å². The first-order chi connectivity index (χ1) is 16.4. The maximum absolute atomic E-state index is 10.6. The number of rotatable bonds is 13. The molecular formula is C27H37N3O4. The van der Waals surface area contributed by atoms with Gasteiger partial charge in [0.2, 0.25) is 5.88 Å². The summed E-state index contributed by atoms with van der Waals surface area (Å²) in [5.74, 6) is 2.50. The highest BCUT2D eigenvalue weighted by Crippen LogP contribution is 2.35. The molecule has 3 rings (SSSR count). The Morgan fingerprint density at radius 1 is 1.03 bits per heavy atom.